The van der Waals surface area contributed by atoms with Crippen LogP contribution in [0.3, 0.4) is 0 Å². The molecule has 1 fully saturated rings. The standard InChI is InChI=1S/C29H27F4N5O4/c1-3-23(40)36-10-8-18-24-19(38(35-18)20-7-6-17(15-4-5-15)25(30)26(20)42-2)9-11-37(21(24)14-36)28(41)16-12-22(39)27(34-13-16)29(31,32)33/h3,6-7,12-13,15,21,39H,1,4-5,8-11,14H2,2H3. The molecular weight excluding hydrogens is 558 g/mol. The van der Waals surface area contributed by atoms with Gasteiger partial charge in [0.1, 0.15) is 11.4 Å². The van der Waals surface area contributed by atoms with Crippen LogP contribution in [-0.4, -0.2) is 68.2 Å². The third kappa shape index (κ3) is 4.56. The van der Waals surface area contributed by atoms with Gasteiger partial charge >= 0.3 is 6.18 Å². The average molecular weight is 586 g/mol. The van der Waals surface area contributed by atoms with Gasteiger partial charge in [0.05, 0.1) is 30.1 Å². The lowest BCUT2D eigenvalue weighted by Gasteiger charge is -2.38. The fraction of sp³-hybridized carbons (Fsp3) is 0.379. The molecule has 6 rings (SSSR count). The fourth-order valence-corrected chi connectivity index (χ4v) is 5.95. The minimum Gasteiger partial charge on any atom is -0.506 e. The summed E-state index contributed by atoms with van der Waals surface area (Å²) in [6, 6.07) is 3.54. The molecule has 9 nitrogen and oxygen atoms in total. The van der Waals surface area contributed by atoms with E-state index in [1.54, 1.807) is 16.8 Å². The first-order valence-electron chi connectivity index (χ1n) is 13.5. The summed E-state index contributed by atoms with van der Waals surface area (Å²) in [5.41, 5.74) is 1.30. The van der Waals surface area contributed by atoms with Crippen molar-refractivity contribution in [2.45, 2.75) is 43.8 Å². The summed E-state index contributed by atoms with van der Waals surface area (Å²) >= 11 is 0. The molecule has 0 saturated heterocycles. The largest absolute Gasteiger partial charge is 0.506 e. The van der Waals surface area contributed by atoms with Gasteiger partial charge in [-0.15, -0.1) is 0 Å². The number of aromatic nitrogens is 3. The average Bonchev–Trinajstić information content (AvgIpc) is 3.76. The van der Waals surface area contributed by atoms with E-state index in [-0.39, 0.29) is 49.2 Å². The van der Waals surface area contributed by atoms with Crippen molar-refractivity contribution in [3.8, 4) is 17.2 Å². The van der Waals surface area contributed by atoms with Gasteiger partial charge in [-0.1, -0.05) is 12.6 Å². The third-order valence-electron chi connectivity index (χ3n) is 8.09. The minimum atomic E-state index is -4.89. The second kappa shape index (κ2) is 10.1. The van der Waals surface area contributed by atoms with Crippen LogP contribution in [0.4, 0.5) is 17.6 Å². The monoisotopic (exact) mass is 585 g/mol. The highest BCUT2D eigenvalue weighted by Crippen LogP contribution is 2.45. The molecule has 2 amide bonds. The molecular formula is C29H27F4N5O4. The van der Waals surface area contributed by atoms with Gasteiger partial charge in [0, 0.05) is 44.2 Å². The number of hydrogen-bond donors (Lipinski definition) is 1. The van der Waals surface area contributed by atoms with Gasteiger partial charge in [-0.3, -0.25) is 9.59 Å². The zero-order chi connectivity index (χ0) is 29.9. The van der Waals surface area contributed by atoms with Gasteiger partial charge < -0.3 is 19.6 Å². The maximum absolute atomic E-state index is 15.5. The summed E-state index contributed by atoms with van der Waals surface area (Å²) in [5, 5.41) is 14.8. The number of aromatic hydroxyl groups is 1. The van der Waals surface area contributed by atoms with Crippen molar-refractivity contribution >= 4 is 11.8 Å². The number of hydrogen-bond acceptors (Lipinski definition) is 6. The van der Waals surface area contributed by atoms with Crippen molar-refractivity contribution in [1.82, 2.24) is 24.6 Å². The number of carbonyl (C=O) groups is 2. The van der Waals surface area contributed by atoms with Gasteiger partial charge in [-0.05, 0) is 42.5 Å². The molecule has 1 aliphatic carbocycles. The summed E-state index contributed by atoms with van der Waals surface area (Å²) in [4.78, 5) is 32.6. The Morgan fingerprint density at radius 2 is 1.95 bits per heavy atom. The van der Waals surface area contributed by atoms with Crippen LogP contribution in [-0.2, 0) is 23.8 Å². The van der Waals surface area contributed by atoms with Gasteiger partial charge in [-0.2, -0.15) is 18.3 Å². The maximum atomic E-state index is 15.5. The third-order valence-corrected chi connectivity index (χ3v) is 8.09. The zero-order valence-electron chi connectivity index (χ0n) is 22.6. The van der Waals surface area contributed by atoms with E-state index in [2.05, 4.69) is 11.6 Å². The van der Waals surface area contributed by atoms with E-state index in [0.717, 1.165) is 30.8 Å². The molecule has 42 heavy (non-hydrogen) atoms. The highest BCUT2D eigenvalue weighted by molar-refractivity contribution is 5.95. The molecule has 0 spiro atoms. The van der Waals surface area contributed by atoms with Crippen molar-refractivity contribution in [2.24, 2.45) is 0 Å². The lowest BCUT2D eigenvalue weighted by molar-refractivity contribution is -0.142. The molecule has 0 radical (unpaired) electrons. The lowest BCUT2D eigenvalue weighted by atomic mass is 9.94. The van der Waals surface area contributed by atoms with Crippen LogP contribution < -0.4 is 4.74 Å². The SMILES string of the molecule is C=CC(=O)N1CCc2nn(-c3ccc(C4CC4)c(F)c3OC)c3c2C(C1)N(C(=O)c1cnc(C(F)(F)F)c(O)c1)CC3. The summed E-state index contributed by atoms with van der Waals surface area (Å²) in [5.74, 6) is -2.37. The van der Waals surface area contributed by atoms with Crippen molar-refractivity contribution < 1.29 is 37.0 Å². The number of methoxy groups -OCH3 is 1. The van der Waals surface area contributed by atoms with Gasteiger partial charge in [0.2, 0.25) is 5.91 Å². The van der Waals surface area contributed by atoms with Crippen LogP contribution in [0.5, 0.6) is 11.5 Å². The number of ether oxygens (including phenoxy) is 1. The summed E-state index contributed by atoms with van der Waals surface area (Å²) in [7, 11) is 1.40. The van der Waals surface area contributed by atoms with E-state index in [0.29, 0.717) is 28.9 Å². The van der Waals surface area contributed by atoms with Crippen LogP contribution in [0.2, 0.25) is 0 Å². The molecule has 1 saturated carbocycles. The first-order chi connectivity index (χ1) is 20.0. The van der Waals surface area contributed by atoms with Crippen LogP contribution in [0.15, 0.2) is 37.1 Å². The Labute approximate surface area is 238 Å². The Balaban J connectivity index is 1.43. The second-order valence-electron chi connectivity index (χ2n) is 10.6. The molecule has 0 bridgehead atoms. The fourth-order valence-electron chi connectivity index (χ4n) is 5.95. The first-order valence-corrected chi connectivity index (χ1v) is 13.5. The second-order valence-corrected chi connectivity index (χ2v) is 10.6. The molecule has 1 atom stereocenters. The molecule has 2 aromatic heterocycles. The Hall–Kier alpha value is -4.42. The number of halogens is 4. The van der Waals surface area contributed by atoms with Crippen molar-refractivity contribution in [2.75, 3.05) is 26.7 Å². The van der Waals surface area contributed by atoms with Crippen molar-refractivity contribution in [1.29, 1.82) is 0 Å². The van der Waals surface area contributed by atoms with E-state index < -0.39 is 35.4 Å². The molecule has 220 valence electrons. The number of rotatable bonds is 5. The number of alkyl halides is 3. The molecule has 1 N–H and O–H groups in total. The van der Waals surface area contributed by atoms with Gasteiger partial charge in [0.15, 0.2) is 17.3 Å². The van der Waals surface area contributed by atoms with Crippen molar-refractivity contribution in [3.05, 3.63) is 76.6 Å². The first kappa shape index (κ1) is 27.7. The number of amides is 2. The predicted octanol–water partition coefficient (Wildman–Crippen LogP) is 4.33. The summed E-state index contributed by atoms with van der Waals surface area (Å²) < 4.78 is 62.1. The van der Waals surface area contributed by atoms with Crippen LogP contribution in [0, 0.1) is 5.82 Å². The Bertz CT molecular complexity index is 1610. The molecule has 1 unspecified atom stereocenters. The topological polar surface area (TPSA) is 101 Å². The highest BCUT2D eigenvalue weighted by Gasteiger charge is 2.42. The summed E-state index contributed by atoms with van der Waals surface area (Å²) in [6.07, 6.45) is -0.470. The molecule has 13 heteroatoms. The van der Waals surface area contributed by atoms with Crippen molar-refractivity contribution in [3.63, 3.8) is 0 Å². The number of carbonyl (C=O) groups excluding carboxylic acids is 2. The van der Waals surface area contributed by atoms with Gasteiger partial charge in [0.25, 0.3) is 5.91 Å². The predicted molar refractivity (Wildman–Crippen MR) is 141 cm³/mol. The number of benzene rings is 1. The molecule has 4 heterocycles. The van der Waals surface area contributed by atoms with E-state index in [9.17, 15) is 27.9 Å². The normalized spacial score (nSPS) is 18.4. The van der Waals surface area contributed by atoms with E-state index >= 15 is 4.39 Å². The molecule has 3 aromatic rings. The lowest BCUT2D eigenvalue weighted by Crippen LogP contribution is -2.45. The number of nitrogens with zero attached hydrogens (tertiary/aromatic N) is 5. The summed E-state index contributed by atoms with van der Waals surface area (Å²) in [6.45, 7) is 4.03. The Kier molecular flexibility index (Phi) is 6.70. The molecule has 1 aromatic carbocycles. The minimum absolute atomic E-state index is 0.0677. The van der Waals surface area contributed by atoms with Crippen LogP contribution >= 0.6 is 0 Å². The highest BCUT2D eigenvalue weighted by atomic mass is 19.4. The quantitative estimate of drug-likeness (QED) is 0.354. The number of pyridine rings is 1. The van der Waals surface area contributed by atoms with E-state index in [1.807, 2.05) is 0 Å². The Morgan fingerprint density at radius 3 is 2.60 bits per heavy atom. The molecule has 2 aliphatic heterocycles. The van der Waals surface area contributed by atoms with Gasteiger partial charge in [-0.25, -0.2) is 14.1 Å². The van der Waals surface area contributed by atoms with E-state index in [1.165, 1.54) is 23.0 Å². The Morgan fingerprint density at radius 1 is 1.19 bits per heavy atom. The maximum Gasteiger partial charge on any atom is 0.437 e. The molecule has 3 aliphatic rings. The van der Waals surface area contributed by atoms with E-state index in [4.69, 9.17) is 9.84 Å². The zero-order valence-corrected chi connectivity index (χ0v) is 22.6. The smallest absolute Gasteiger partial charge is 0.437 e. The van der Waals surface area contributed by atoms with Crippen LogP contribution in [0.25, 0.3) is 5.69 Å². The van der Waals surface area contributed by atoms with Crippen LogP contribution in [0.1, 0.15) is 63.4 Å².